The number of hydrogen-bond donors (Lipinski definition) is 1. The molecule has 0 radical (unpaired) electrons. The first-order valence-electron chi connectivity index (χ1n) is 4.89. The van der Waals surface area contributed by atoms with E-state index in [2.05, 4.69) is 0 Å². The number of aldehydes is 1. The number of rotatable bonds is 2. The highest BCUT2D eigenvalue weighted by Crippen LogP contribution is 2.21. The molecule has 1 aromatic carbocycles. The molecule has 2 aromatic rings. The molecule has 2 N–H and O–H groups in total. The van der Waals surface area contributed by atoms with Crippen molar-refractivity contribution in [2.24, 2.45) is 0 Å². The summed E-state index contributed by atoms with van der Waals surface area (Å²) in [7, 11) is 0. The first-order chi connectivity index (χ1) is 7.63. The molecule has 0 spiro atoms. The van der Waals surface area contributed by atoms with E-state index in [-0.39, 0.29) is 6.42 Å². The Labute approximate surface area is 91.7 Å². The fourth-order valence-electron chi connectivity index (χ4n) is 1.73. The van der Waals surface area contributed by atoms with Crippen LogP contribution in [0.2, 0.25) is 0 Å². The van der Waals surface area contributed by atoms with Gasteiger partial charge in [0.25, 0.3) is 0 Å². The fourth-order valence-corrected chi connectivity index (χ4v) is 1.73. The van der Waals surface area contributed by atoms with Crippen molar-refractivity contribution in [3.05, 3.63) is 39.7 Å². The SMILES string of the molecule is Cc1c(CC=O)c(=O)oc2cc(N)ccc12. The molecule has 0 bridgehead atoms. The van der Waals surface area contributed by atoms with Crippen LogP contribution in [0.15, 0.2) is 27.4 Å². The Hall–Kier alpha value is -2.10. The van der Waals surface area contributed by atoms with E-state index in [4.69, 9.17) is 10.2 Å². The zero-order valence-corrected chi connectivity index (χ0v) is 8.82. The van der Waals surface area contributed by atoms with E-state index < -0.39 is 5.63 Å². The van der Waals surface area contributed by atoms with Crippen molar-refractivity contribution in [3.63, 3.8) is 0 Å². The highest BCUT2D eigenvalue weighted by atomic mass is 16.4. The topological polar surface area (TPSA) is 73.3 Å². The number of nitrogen functional groups attached to an aromatic ring is 1. The summed E-state index contributed by atoms with van der Waals surface area (Å²) in [6.45, 7) is 1.80. The van der Waals surface area contributed by atoms with Gasteiger partial charge in [0.2, 0.25) is 0 Å². The van der Waals surface area contributed by atoms with Gasteiger partial charge in [-0.05, 0) is 24.6 Å². The molecule has 0 saturated carbocycles. The number of hydrogen-bond acceptors (Lipinski definition) is 4. The Bertz CT molecular complexity index is 613. The van der Waals surface area contributed by atoms with Crippen LogP contribution in [-0.4, -0.2) is 6.29 Å². The quantitative estimate of drug-likeness (QED) is 0.469. The molecule has 0 saturated heterocycles. The molecule has 82 valence electrons. The van der Waals surface area contributed by atoms with Gasteiger partial charge in [0.15, 0.2) is 0 Å². The van der Waals surface area contributed by atoms with Crippen LogP contribution in [-0.2, 0) is 11.2 Å². The second-order valence-corrected chi connectivity index (χ2v) is 3.62. The van der Waals surface area contributed by atoms with Crippen molar-refractivity contribution >= 4 is 22.9 Å². The van der Waals surface area contributed by atoms with Gasteiger partial charge in [0.05, 0.1) is 0 Å². The summed E-state index contributed by atoms with van der Waals surface area (Å²) < 4.78 is 5.11. The van der Waals surface area contributed by atoms with Crippen molar-refractivity contribution in [2.75, 3.05) is 5.73 Å². The highest BCUT2D eigenvalue weighted by molar-refractivity contribution is 5.84. The van der Waals surface area contributed by atoms with E-state index in [1.54, 1.807) is 25.1 Å². The van der Waals surface area contributed by atoms with E-state index >= 15 is 0 Å². The summed E-state index contributed by atoms with van der Waals surface area (Å²) in [6, 6.07) is 5.13. The molecular formula is C12H11NO3. The first kappa shape index (κ1) is 10.4. The number of anilines is 1. The van der Waals surface area contributed by atoms with Crippen molar-refractivity contribution in [1.82, 2.24) is 0 Å². The average molecular weight is 217 g/mol. The summed E-state index contributed by atoms with van der Waals surface area (Å²) >= 11 is 0. The van der Waals surface area contributed by atoms with Gasteiger partial charge in [-0.2, -0.15) is 0 Å². The minimum atomic E-state index is -0.470. The molecule has 0 atom stereocenters. The molecule has 0 aliphatic carbocycles. The van der Waals surface area contributed by atoms with Crippen LogP contribution in [0.4, 0.5) is 5.69 Å². The van der Waals surface area contributed by atoms with Crippen LogP contribution in [0, 0.1) is 6.92 Å². The summed E-state index contributed by atoms with van der Waals surface area (Å²) in [4.78, 5) is 22.1. The first-order valence-corrected chi connectivity index (χ1v) is 4.89. The molecule has 1 heterocycles. The summed E-state index contributed by atoms with van der Waals surface area (Å²) in [6.07, 6.45) is 0.775. The third-order valence-electron chi connectivity index (χ3n) is 2.60. The average Bonchev–Trinajstić information content (AvgIpc) is 2.23. The number of aryl methyl sites for hydroxylation is 1. The lowest BCUT2D eigenvalue weighted by Crippen LogP contribution is -2.10. The number of fused-ring (bicyclic) bond motifs is 1. The van der Waals surface area contributed by atoms with Gasteiger partial charge < -0.3 is 14.9 Å². The lowest BCUT2D eigenvalue weighted by atomic mass is 10.0. The lowest BCUT2D eigenvalue weighted by Gasteiger charge is -2.05. The minimum absolute atomic E-state index is 0.0779. The fraction of sp³-hybridized carbons (Fsp3) is 0.167. The molecule has 4 nitrogen and oxygen atoms in total. The summed E-state index contributed by atoms with van der Waals surface area (Å²) in [5, 5.41) is 0.811. The van der Waals surface area contributed by atoms with Gasteiger partial charge in [-0.15, -0.1) is 0 Å². The summed E-state index contributed by atoms with van der Waals surface area (Å²) in [5.41, 5.74) is 7.31. The number of benzene rings is 1. The largest absolute Gasteiger partial charge is 0.422 e. The maximum atomic E-state index is 11.6. The molecule has 4 heteroatoms. The van der Waals surface area contributed by atoms with Crippen LogP contribution in [0.3, 0.4) is 0 Å². The highest BCUT2D eigenvalue weighted by Gasteiger charge is 2.10. The van der Waals surface area contributed by atoms with E-state index in [0.717, 1.165) is 10.9 Å². The summed E-state index contributed by atoms with van der Waals surface area (Å²) in [5.74, 6) is 0. The van der Waals surface area contributed by atoms with Crippen LogP contribution >= 0.6 is 0 Å². The van der Waals surface area contributed by atoms with Crippen LogP contribution in [0.5, 0.6) is 0 Å². The standard InChI is InChI=1S/C12H11NO3/c1-7-9-3-2-8(13)6-11(9)16-12(15)10(7)4-5-14/h2-3,5-6H,4,13H2,1H3. The Morgan fingerprint density at radius 1 is 1.44 bits per heavy atom. The van der Waals surface area contributed by atoms with Crippen molar-refractivity contribution < 1.29 is 9.21 Å². The predicted molar refractivity (Wildman–Crippen MR) is 61.4 cm³/mol. The third-order valence-corrected chi connectivity index (χ3v) is 2.60. The molecule has 0 amide bonds. The van der Waals surface area contributed by atoms with Crippen molar-refractivity contribution in [1.29, 1.82) is 0 Å². The number of carbonyl (C=O) groups excluding carboxylic acids is 1. The second-order valence-electron chi connectivity index (χ2n) is 3.62. The number of carbonyl (C=O) groups is 1. The zero-order valence-electron chi connectivity index (χ0n) is 8.82. The molecule has 0 aliphatic heterocycles. The molecule has 1 aromatic heterocycles. The van der Waals surface area contributed by atoms with Gasteiger partial charge in [-0.3, -0.25) is 0 Å². The monoisotopic (exact) mass is 217 g/mol. The Morgan fingerprint density at radius 3 is 2.88 bits per heavy atom. The normalized spacial score (nSPS) is 10.6. The lowest BCUT2D eigenvalue weighted by molar-refractivity contribution is -0.107. The maximum absolute atomic E-state index is 11.6. The van der Waals surface area contributed by atoms with Gasteiger partial charge >= 0.3 is 5.63 Å². The molecule has 0 fully saturated rings. The third kappa shape index (κ3) is 1.58. The number of nitrogens with two attached hydrogens (primary N) is 1. The molecule has 0 unspecified atom stereocenters. The van der Waals surface area contributed by atoms with E-state index in [1.807, 2.05) is 0 Å². The Balaban J connectivity index is 2.83. The zero-order chi connectivity index (χ0) is 11.7. The molecule has 2 rings (SSSR count). The van der Waals surface area contributed by atoms with Gasteiger partial charge in [0, 0.05) is 29.1 Å². The Kier molecular flexibility index (Phi) is 2.48. The smallest absolute Gasteiger partial charge is 0.340 e. The van der Waals surface area contributed by atoms with E-state index in [0.29, 0.717) is 23.1 Å². The van der Waals surface area contributed by atoms with E-state index in [9.17, 15) is 9.59 Å². The van der Waals surface area contributed by atoms with E-state index in [1.165, 1.54) is 0 Å². The molecule has 16 heavy (non-hydrogen) atoms. The van der Waals surface area contributed by atoms with Gasteiger partial charge in [-0.1, -0.05) is 0 Å². The Morgan fingerprint density at radius 2 is 2.19 bits per heavy atom. The minimum Gasteiger partial charge on any atom is -0.422 e. The van der Waals surface area contributed by atoms with Gasteiger partial charge in [-0.25, -0.2) is 4.79 Å². The van der Waals surface area contributed by atoms with Crippen molar-refractivity contribution in [2.45, 2.75) is 13.3 Å². The second kappa shape index (κ2) is 3.81. The predicted octanol–water partition coefficient (Wildman–Crippen LogP) is 1.43. The molecular weight excluding hydrogens is 206 g/mol. The van der Waals surface area contributed by atoms with Crippen LogP contribution in [0.1, 0.15) is 11.1 Å². The molecule has 0 aliphatic rings. The maximum Gasteiger partial charge on any atom is 0.340 e. The van der Waals surface area contributed by atoms with Crippen LogP contribution < -0.4 is 11.4 Å². The van der Waals surface area contributed by atoms with Crippen LogP contribution in [0.25, 0.3) is 11.0 Å². The van der Waals surface area contributed by atoms with Crippen molar-refractivity contribution in [3.8, 4) is 0 Å². The van der Waals surface area contributed by atoms with Gasteiger partial charge in [0.1, 0.15) is 11.9 Å².